The number of anilines is 1. The van der Waals surface area contributed by atoms with Gasteiger partial charge in [0.1, 0.15) is 11.9 Å². The van der Waals surface area contributed by atoms with Gasteiger partial charge in [0, 0.05) is 42.1 Å². The highest BCUT2D eigenvalue weighted by molar-refractivity contribution is 5.83. The lowest BCUT2D eigenvalue weighted by molar-refractivity contribution is -0.153. The van der Waals surface area contributed by atoms with Gasteiger partial charge in [-0.15, -0.1) is 0 Å². The number of fused-ring (bicyclic) bond motifs is 2. The van der Waals surface area contributed by atoms with Crippen molar-refractivity contribution in [3.63, 3.8) is 0 Å². The van der Waals surface area contributed by atoms with Crippen LogP contribution in [0.25, 0.3) is 0 Å². The number of rotatable bonds is 20. The van der Waals surface area contributed by atoms with Crippen LogP contribution in [-0.2, 0) is 65.4 Å². The van der Waals surface area contributed by atoms with Crippen molar-refractivity contribution in [2.75, 3.05) is 52.5 Å². The largest absolute Gasteiger partial charge is 0.469 e. The maximum atomic E-state index is 12.9. The number of hydrogen-bond acceptors (Lipinski definition) is 12. The van der Waals surface area contributed by atoms with Gasteiger partial charge in [0.05, 0.1) is 58.6 Å². The number of amides is 1. The fourth-order valence-corrected chi connectivity index (χ4v) is 9.26. The molecular weight excluding hydrogens is 809 g/mol. The predicted molar refractivity (Wildman–Crippen MR) is 254 cm³/mol. The lowest BCUT2D eigenvalue weighted by Crippen LogP contribution is -2.53. The predicted octanol–water partition coefficient (Wildman–Crippen LogP) is 7.86. The number of nitrogens with two attached hydrogens (primary N) is 1. The van der Waals surface area contributed by atoms with Crippen molar-refractivity contribution in [3.05, 3.63) is 52.5 Å². The van der Waals surface area contributed by atoms with Crippen LogP contribution in [0.5, 0.6) is 0 Å². The van der Waals surface area contributed by atoms with Gasteiger partial charge in [0.2, 0.25) is 5.91 Å². The number of carbonyl (C=O) groups is 3. The van der Waals surface area contributed by atoms with Crippen LogP contribution in [0.3, 0.4) is 0 Å². The molecule has 6 atom stereocenters. The van der Waals surface area contributed by atoms with Crippen molar-refractivity contribution in [2.24, 2.45) is 11.7 Å². The summed E-state index contributed by atoms with van der Waals surface area (Å²) in [6.45, 7) is 12.2. The van der Waals surface area contributed by atoms with Crippen LogP contribution >= 0.6 is 0 Å². The summed E-state index contributed by atoms with van der Waals surface area (Å²) < 4.78 is 20.4. The second kappa shape index (κ2) is 29.8. The van der Waals surface area contributed by atoms with Gasteiger partial charge >= 0.3 is 11.9 Å². The van der Waals surface area contributed by atoms with E-state index in [-0.39, 0.29) is 42.3 Å². The van der Waals surface area contributed by atoms with E-state index in [0.717, 1.165) is 96.2 Å². The third kappa shape index (κ3) is 19.1. The molecule has 4 aliphatic rings. The molecule has 5 heterocycles. The van der Waals surface area contributed by atoms with E-state index in [1.165, 1.54) is 87.4 Å². The second-order valence-electron chi connectivity index (χ2n) is 18.7. The van der Waals surface area contributed by atoms with Gasteiger partial charge in [-0.05, 0) is 128 Å². The molecule has 0 radical (unpaired) electrons. The minimum atomic E-state index is -0.466. The lowest BCUT2D eigenvalue weighted by atomic mass is 9.95. The Labute approximate surface area is 385 Å². The van der Waals surface area contributed by atoms with E-state index in [4.69, 9.17) is 29.9 Å². The highest BCUT2D eigenvalue weighted by Gasteiger charge is 2.33. The van der Waals surface area contributed by atoms with Crippen LogP contribution in [0.1, 0.15) is 159 Å². The Balaban J connectivity index is 0.000000249. The zero-order chi connectivity index (χ0) is 46.1. The Morgan fingerprint density at radius 3 is 1.86 bits per heavy atom. The maximum absolute atomic E-state index is 12.9. The summed E-state index contributed by atoms with van der Waals surface area (Å²) in [4.78, 5) is 47.9. The average molecular weight is 893 g/mol. The third-order valence-corrected chi connectivity index (χ3v) is 12.8. The molecule has 2 aromatic rings. The monoisotopic (exact) mass is 893 g/mol. The topological polar surface area (TPSA) is 167 Å². The number of ether oxygens (including phenoxy) is 4. The number of aryl methyl sites for hydroxylation is 5. The first-order valence-corrected chi connectivity index (χ1v) is 24.8. The van der Waals surface area contributed by atoms with Crippen molar-refractivity contribution < 1.29 is 33.3 Å². The molecule has 360 valence electrons. The quantitative estimate of drug-likeness (QED) is 0.0871. The van der Waals surface area contributed by atoms with Gasteiger partial charge in [-0.25, -0.2) is 4.98 Å². The van der Waals surface area contributed by atoms with E-state index in [2.05, 4.69) is 53.5 Å². The maximum Gasteiger partial charge on any atom is 0.322 e. The number of nitrogens with one attached hydrogen (secondary N) is 2. The highest BCUT2D eigenvalue weighted by Crippen LogP contribution is 2.24. The molecule has 4 N–H and O–H groups in total. The Bertz CT molecular complexity index is 1660. The van der Waals surface area contributed by atoms with Crippen LogP contribution in [0.4, 0.5) is 5.82 Å². The number of aromatic nitrogens is 2. The molecule has 64 heavy (non-hydrogen) atoms. The van der Waals surface area contributed by atoms with Crippen LogP contribution in [0.15, 0.2) is 24.3 Å². The zero-order valence-electron chi connectivity index (χ0n) is 40.4. The molecule has 0 unspecified atom stereocenters. The van der Waals surface area contributed by atoms with Crippen molar-refractivity contribution in [2.45, 2.75) is 193 Å². The van der Waals surface area contributed by atoms with Gasteiger partial charge in [-0.2, -0.15) is 0 Å². The van der Waals surface area contributed by atoms with Crippen LogP contribution < -0.4 is 16.4 Å². The summed E-state index contributed by atoms with van der Waals surface area (Å²) in [6, 6.07) is 9.58. The first-order chi connectivity index (χ1) is 31.0. The number of pyridine rings is 2. The Hall–Kier alpha value is -3.65. The summed E-state index contributed by atoms with van der Waals surface area (Å²) in [5.74, 6) is 0.189. The minimum Gasteiger partial charge on any atom is -0.469 e. The van der Waals surface area contributed by atoms with E-state index in [1.54, 1.807) is 0 Å². The van der Waals surface area contributed by atoms with Crippen molar-refractivity contribution in [1.29, 1.82) is 0 Å². The normalized spacial score (nSPS) is 21.3. The summed E-state index contributed by atoms with van der Waals surface area (Å²) in [5.41, 5.74) is 12.2. The molecule has 1 amide bonds. The lowest BCUT2D eigenvalue weighted by Gasteiger charge is -2.39. The molecule has 2 saturated heterocycles. The molecule has 13 heteroatoms. The number of methoxy groups -OCH3 is 2. The molecule has 0 bridgehead atoms. The molecule has 0 aromatic carbocycles. The standard InChI is InChI=1S/C27H42N2O4.C18H29N3O2.C6H13NO/c1-20-18-33-19-21(2)29(20)26(30)17-23(27(31)32-3)12-7-5-4-6-8-13-24-16-15-22-11-9-10-14-25(22)28-24;1-23-18(22)16(19)10-6-4-2-3-5-9-15-12-11-14-8-7-13-20-17(14)21-15;1-5-3-8-4-6(2)7-5/h15-16,20-21,23H,4-14,17-19H2,1-3H3;11-12,16H,2-10,13,19H2,1H3,(H,20,21);5-7H,3-4H2,1-2H3/t20-,21+,23-;16-;5-,6+/m10./s1. The van der Waals surface area contributed by atoms with Crippen LogP contribution in [-0.4, -0.2) is 110 Å². The number of hydrogen-bond donors (Lipinski definition) is 3. The van der Waals surface area contributed by atoms with E-state index in [1.807, 2.05) is 18.7 Å². The summed E-state index contributed by atoms with van der Waals surface area (Å²) >= 11 is 0. The van der Waals surface area contributed by atoms with Crippen molar-refractivity contribution >= 4 is 23.7 Å². The van der Waals surface area contributed by atoms with E-state index in [9.17, 15) is 14.4 Å². The summed E-state index contributed by atoms with van der Waals surface area (Å²) in [7, 11) is 2.79. The van der Waals surface area contributed by atoms with Gasteiger partial charge in [0.25, 0.3) is 0 Å². The average Bonchev–Trinajstić information content (AvgIpc) is 3.30. The smallest absolute Gasteiger partial charge is 0.322 e. The SMILES string of the molecule is COC(=O)[C@@H](N)CCCCCCCc1ccc2c(n1)NCCC2.COC(=O)[C@H](CCCCCCCc1ccc2c(n1)CCCC2)CC(=O)N1[C@H](C)COC[C@@H]1C.C[C@@H]1COC[C@H](C)N1. The van der Waals surface area contributed by atoms with Crippen LogP contribution in [0, 0.1) is 5.92 Å². The molecule has 0 spiro atoms. The Morgan fingerprint density at radius 2 is 1.23 bits per heavy atom. The van der Waals surface area contributed by atoms with Gasteiger partial charge in [-0.1, -0.05) is 63.5 Å². The second-order valence-corrected chi connectivity index (χ2v) is 18.7. The molecule has 2 aromatic heterocycles. The number of esters is 2. The molecule has 0 saturated carbocycles. The molecular formula is C51H84N6O7. The Morgan fingerprint density at radius 1 is 0.688 bits per heavy atom. The molecule has 1 aliphatic carbocycles. The number of unbranched alkanes of at least 4 members (excludes halogenated alkanes) is 8. The van der Waals surface area contributed by atoms with E-state index in [0.29, 0.717) is 38.1 Å². The number of carbonyl (C=O) groups excluding carboxylic acids is 3. The van der Waals surface area contributed by atoms with Crippen molar-refractivity contribution in [3.8, 4) is 0 Å². The molecule has 3 aliphatic heterocycles. The van der Waals surface area contributed by atoms with E-state index < -0.39 is 6.04 Å². The van der Waals surface area contributed by atoms with Crippen LogP contribution in [0.2, 0.25) is 0 Å². The van der Waals surface area contributed by atoms with E-state index >= 15 is 0 Å². The van der Waals surface area contributed by atoms with Gasteiger partial charge < -0.3 is 40.2 Å². The van der Waals surface area contributed by atoms with Crippen molar-refractivity contribution in [1.82, 2.24) is 20.2 Å². The first-order valence-electron chi connectivity index (χ1n) is 24.8. The summed E-state index contributed by atoms with van der Waals surface area (Å²) in [5, 5.41) is 6.74. The molecule has 6 rings (SSSR count). The fourth-order valence-electron chi connectivity index (χ4n) is 9.26. The highest BCUT2D eigenvalue weighted by atomic mass is 16.5. The zero-order valence-corrected chi connectivity index (χ0v) is 40.4. The minimum absolute atomic E-state index is 0.0336. The third-order valence-electron chi connectivity index (χ3n) is 12.8. The summed E-state index contributed by atoms with van der Waals surface area (Å²) in [6.07, 6.45) is 22.1. The Kier molecular flexibility index (Phi) is 24.7. The fraction of sp³-hybridized carbons (Fsp3) is 0.745. The molecule has 2 fully saturated rings. The number of nitrogens with zero attached hydrogens (tertiary/aromatic N) is 3. The number of morpholine rings is 2. The van der Waals surface area contributed by atoms with Gasteiger partial charge in [0.15, 0.2) is 0 Å². The molecule has 13 nitrogen and oxygen atoms in total. The van der Waals surface area contributed by atoms with Gasteiger partial charge in [-0.3, -0.25) is 19.4 Å². The first kappa shape index (κ1) is 53.0.